The lowest BCUT2D eigenvalue weighted by Crippen LogP contribution is -2.43. The molecule has 1 aliphatic heterocycles. The van der Waals surface area contributed by atoms with Crippen LogP contribution in [0.15, 0.2) is 12.4 Å². The number of piperidine rings is 1. The zero-order valence-electron chi connectivity index (χ0n) is 11.1. The van der Waals surface area contributed by atoms with E-state index in [1.807, 2.05) is 6.92 Å². The molecule has 1 aliphatic rings. The second kappa shape index (κ2) is 6.82. The van der Waals surface area contributed by atoms with E-state index in [0.29, 0.717) is 0 Å². The number of nitrogens with one attached hydrogen (secondary N) is 1. The Labute approximate surface area is 118 Å². The fourth-order valence-corrected chi connectivity index (χ4v) is 2.47. The smallest absolute Gasteiger partial charge is 0.271 e. The van der Waals surface area contributed by atoms with Crippen molar-refractivity contribution in [1.29, 1.82) is 0 Å². The summed E-state index contributed by atoms with van der Waals surface area (Å²) in [5.41, 5.74) is 0.262. The summed E-state index contributed by atoms with van der Waals surface area (Å²) in [5, 5.41) is 3.16. The Hall–Kier alpha value is -1.20. The van der Waals surface area contributed by atoms with Gasteiger partial charge in [-0.05, 0) is 32.9 Å². The second-order valence-electron chi connectivity index (χ2n) is 4.96. The third-order valence-electron chi connectivity index (χ3n) is 3.20. The molecule has 1 amide bonds. The summed E-state index contributed by atoms with van der Waals surface area (Å²) < 4.78 is 0. The van der Waals surface area contributed by atoms with Crippen molar-refractivity contribution in [2.24, 2.45) is 0 Å². The Morgan fingerprint density at radius 1 is 1.42 bits per heavy atom. The van der Waals surface area contributed by atoms with Crippen LogP contribution in [0.5, 0.6) is 0 Å². The highest BCUT2D eigenvalue weighted by atomic mass is 35.5. The summed E-state index contributed by atoms with van der Waals surface area (Å²) in [6, 6.07) is 0.0892. The number of amides is 1. The average molecular weight is 283 g/mol. The fourth-order valence-electron chi connectivity index (χ4n) is 2.32. The van der Waals surface area contributed by atoms with Gasteiger partial charge in [-0.15, -0.1) is 0 Å². The highest BCUT2D eigenvalue weighted by Crippen LogP contribution is 2.09. The lowest BCUT2D eigenvalue weighted by atomic mass is 10.1. The number of carbonyl (C=O) groups is 1. The van der Waals surface area contributed by atoms with Crippen LogP contribution in [0.25, 0.3) is 0 Å². The standard InChI is InChI=1S/C13H19ClN4O/c1-10(9-18-5-3-2-4-6-18)16-13(19)11-7-15-8-12(14)17-11/h7-8,10H,2-6,9H2,1H3,(H,16,19). The number of hydrogen-bond donors (Lipinski definition) is 1. The van der Waals surface area contributed by atoms with E-state index in [9.17, 15) is 4.79 Å². The van der Waals surface area contributed by atoms with Crippen molar-refractivity contribution in [3.63, 3.8) is 0 Å². The summed E-state index contributed by atoms with van der Waals surface area (Å²) in [6.07, 6.45) is 6.65. The number of carbonyl (C=O) groups excluding carboxylic acids is 1. The van der Waals surface area contributed by atoms with Gasteiger partial charge in [0.1, 0.15) is 10.8 Å². The van der Waals surface area contributed by atoms with Gasteiger partial charge >= 0.3 is 0 Å². The number of likely N-dealkylation sites (tertiary alicyclic amines) is 1. The number of nitrogens with zero attached hydrogens (tertiary/aromatic N) is 3. The highest BCUT2D eigenvalue weighted by Gasteiger charge is 2.16. The van der Waals surface area contributed by atoms with Crippen molar-refractivity contribution in [3.05, 3.63) is 23.2 Å². The van der Waals surface area contributed by atoms with E-state index < -0.39 is 0 Å². The molecular formula is C13H19ClN4O. The molecule has 1 aromatic rings. The Kier molecular flexibility index (Phi) is 5.10. The fraction of sp³-hybridized carbons (Fsp3) is 0.615. The van der Waals surface area contributed by atoms with Gasteiger partial charge < -0.3 is 10.2 Å². The molecule has 104 valence electrons. The molecule has 2 rings (SSSR count). The van der Waals surface area contributed by atoms with Crippen LogP contribution in [0, 0.1) is 0 Å². The van der Waals surface area contributed by atoms with Crippen LogP contribution >= 0.6 is 11.6 Å². The Morgan fingerprint density at radius 3 is 2.84 bits per heavy atom. The summed E-state index contributed by atoms with van der Waals surface area (Å²) in [6.45, 7) is 5.12. The van der Waals surface area contributed by atoms with Gasteiger partial charge in [0.15, 0.2) is 0 Å². The van der Waals surface area contributed by atoms with Gasteiger partial charge in [-0.1, -0.05) is 18.0 Å². The SMILES string of the molecule is CC(CN1CCCCC1)NC(=O)c1cncc(Cl)n1. The van der Waals surface area contributed by atoms with E-state index in [0.717, 1.165) is 19.6 Å². The molecule has 6 heteroatoms. The Morgan fingerprint density at radius 2 is 2.16 bits per heavy atom. The van der Waals surface area contributed by atoms with Gasteiger partial charge in [0, 0.05) is 12.6 Å². The lowest BCUT2D eigenvalue weighted by Gasteiger charge is -2.29. The van der Waals surface area contributed by atoms with Gasteiger partial charge in [-0.2, -0.15) is 0 Å². The minimum atomic E-state index is -0.223. The first kappa shape index (κ1) is 14.2. The normalized spacial score (nSPS) is 18.0. The third kappa shape index (κ3) is 4.44. The van der Waals surface area contributed by atoms with Gasteiger partial charge in [0.05, 0.1) is 12.4 Å². The van der Waals surface area contributed by atoms with Crippen LogP contribution in [0.3, 0.4) is 0 Å². The average Bonchev–Trinajstić information content (AvgIpc) is 2.39. The van der Waals surface area contributed by atoms with Crippen molar-refractivity contribution in [2.45, 2.75) is 32.2 Å². The minimum Gasteiger partial charge on any atom is -0.347 e. The molecule has 0 radical (unpaired) electrons. The van der Waals surface area contributed by atoms with Gasteiger partial charge in [-0.25, -0.2) is 4.98 Å². The van der Waals surface area contributed by atoms with E-state index in [4.69, 9.17) is 11.6 Å². The first-order chi connectivity index (χ1) is 9.15. The maximum absolute atomic E-state index is 12.0. The van der Waals surface area contributed by atoms with Crippen LogP contribution in [-0.4, -0.2) is 46.5 Å². The zero-order valence-corrected chi connectivity index (χ0v) is 11.9. The molecule has 0 saturated carbocycles. The van der Waals surface area contributed by atoms with Gasteiger partial charge in [0.25, 0.3) is 5.91 Å². The summed E-state index contributed by atoms with van der Waals surface area (Å²) in [7, 11) is 0. The predicted octanol–water partition coefficient (Wildman–Crippen LogP) is 1.73. The van der Waals surface area contributed by atoms with Gasteiger partial charge in [-0.3, -0.25) is 9.78 Å². The first-order valence-electron chi connectivity index (χ1n) is 6.66. The quantitative estimate of drug-likeness (QED) is 0.914. The maximum Gasteiger partial charge on any atom is 0.271 e. The van der Waals surface area contributed by atoms with Crippen molar-refractivity contribution in [1.82, 2.24) is 20.2 Å². The second-order valence-corrected chi connectivity index (χ2v) is 5.35. The van der Waals surface area contributed by atoms with Crippen molar-refractivity contribution >= 4 is 17.5 Å². The van der Waals surface area contributed by atoms with E-state index in [1.54, 1.807) is 0 Å². The van der Waals surface area contributed by atoms with Gasteiger partial charge in [0.2, 0.25) is 0 Å². The monoisotopic (exact) mass is 282 g/mol. The molecule has 1 fully saturated rings. The molecule has 19 heavy (non-hydrogen) atoms. The van der Waals surface area contributed by atoms with Crippen molar-refractivity contribution < 1.29 is 4.79 Å². The van der Waals surface area contributed by atoms with E-state index in [2.05, 4.69) is 20.2 Å². The maximum atomic E-state index is 12.0. The molecule has 1 N–H and O–H groups in total. The molecule has 0 spiro atoms. The molecule has 1 saturated heterocycles. The number of aromatic nitrogens is 2. The first-order valence-corrected chi connectivity index (χ1v) is 7.03. The Bertz CT molecular complexity index is 434. The predicted molar refractivity (Wildman–Crippen MR) is 74.3 cm³/mol. The van der Waals surface area contributed by atoms with Crippen molar-refractivity contribution in [2.75, 3.05) is 19.6 Å². The largest absolute Gasteiger partial charge is 0.347 e. The Balaban J connectivity index is 1.84. The van der Waals surface area contributed by atoms with E-state index >= 15 is 0 Å². The molecule has 0 aromatic carbocycles. The summed E-state index contributed by atoms with van der Waals surface area (Å²) >= 11 is 5.72. The van der Waals surface area contributed by atoms with Crippen LogP contribution in [-0.2, 0) is 0 Å². The lowest BCUT2D eigenvalue weighted by molar-refractivity contribution is 0.0920. The van der Waals surface area contributed by atoms with Crippen molar-refractivity contribution in [3.8, 4) is 0 Å². The third-order valence-corrected chi connectivity index (χ3v) is 3.38. The number of rotatable bonds is 4. The van der Waals surface area contributed by atoms with E-state index in [-0.39, 0.29) is 22.8 Å². The summed E-state index contributed by atoms with van der Waals surface area (Å²) in [5.74, 6) is -0.223. The molecule has 0 aliphatic carbocycles. The van der Waals surface area contributed by atoms with Crippen LogP contribution < -0.4 is 5.32 Å². The van der Waals surface area contributed by atoms with Crippen LogP contribution in [0.1, 0.15) is 36.7 Å². The molecule has 1 atom stereocenters. The summed E-state index contributed by atoms with van der Waals surface area (Å²) in [4.78, 5) is 22.2. The highest BCUT2D eigenvalue weighted by molar-refractivity contribution is 6.29. The molecular weight excluding hydrogens is 264 g/mol. The van der Waals surface area contributed by atoms with Crippen LogP contribution in [0.2, 0.25) is 5.15 Å². The number of hydrogen-bond acceptors (Lipinski definition) is 4. The molecule has 2 heterocycles. The van der Waals surface area contributed by atoms with E-state index in [1.165, 1.54) is 31.7 Å². The zero-order chi connectivity index (χ0) is 13.7. The number of halogens is 1. The molecule has 0 bridgehead atoms. The van der Waals surface area contributed by atoms with Crippen LogP contribution in [0.4, 0.5) is 0 Å². The molecule has 1 unspecified atom stereocenters. The molecule has 5 nitrogen and oxygen atoms in total. The minimum absolute atomic E-state index is 0.0892. The molecule has 1 aromatic heterocycles. The topological polar surface area (TPSA) is 58.1 Å².